The third-order valence-corrected chi connectivity index (χ3v) is 5.88. The molecule has 1 atom stereocenters. The molecule has 1 unspecified atom stereocenters. The molecule has 1 saturated heterocycles. The molecule has 0 N–H and O–H groups in total. The molecule has 1 amide bonds. The molecule has 1 heterocycles. The van der Waals surface area contributed by atoms with E-state index in [9.17, 15) is 4.79 Å². The molecule has 0 radical (unpaired) electrons. The second-order valence-corrected chi connectivity index (χ2v) is 7.96. The summed E-state index contributed by atoms with van der Waals surface area (Å²) in [6.45, 7) is 12.7. The number of carbonyl (C=O) groups is 1. The van der Waals surface area contributed by atoms with Crippen LogP contribution in [0.15, 0.2) is 0 Å². The van der Waals surface area contributed by atoms with E-state index in [1.54, 1.807) is 6.92 Å². The number of nitrogens with zero attached hydrogens (tertiary/aromatic N) is 2. The van der Waals surface area contributed by atoms with Crippen LogP contribution in [0.25, 0.3) is 0 Å². The fraction of sp³-hybridized carbons (Fsp3) is 0.952. The summed E-state index contributed by atoms with van der Waals surface area (Å²) in [6.07, 6.45) is 14.9. The smallest absolute Gasteiger partial charge is 0.219 e. The maximum Gasteiger partial charge on any atom is 0.219 e. The average Bonchev–Trinajstić information content (AvgIpc) is 2.59. The van der Waals surface area contributed by atoms with Crippen molar-refractivity contribution in [2.75, 3.05) is 26.2 Å². The van der Waals surface area contributed by atoms with Gasteiger partial charge in [0.15, 0.2) is 0 Å². The molecule has 3 heteroatoms. The van der Waals surface area contributed by atoms with E-state index in [1.165, 1.54) is 70.6 Å². The number of hydrogen-bond acceptors (Lipinski definition) is 2. The summed E-state index contributed by atoms with van der Waals surface area (Å²) >= 11 is 0. The van der Waals surface area contributed by atoms with E-state index < -0.39 is 0 Å². The zero-order chi connectivity index (χ0) is 17.8. The average molecular weight is 339 g/mol. The Morgan fingerprint density at radius 2 is 1.25 bits per heavy atom. The number of rotatable bonds is 12. The molecule has 0 saturated carbocycles. The van der Waals surface area contributed by atoms with Crippen molar-refractivity contribution in [3.63, 3.8) is 0 Å². The molecule has 0 aliphatic carbocycles. The first-order valence-corrected chi connectivity index (χ1v) is 10.5. The molecule has 1 rings (SSSR count). The summed E-state index contributed by atoms with van der Waals surface area (Å²) in [5, 5.41) is 0. The predicted octanol–water partition coefficient (Wildman–Crippen LogP) is 5.24. The first-order valence-electron chi connectivity index (χ1n) is 10.5. The highest BCUT2D eigenvalue weighted by molar-refractivity contribution is 5.73. The van der Waals surface area contributed by atoms with Crippen molar-refractivity contribution in [2.24, 2.45) is 0 Å². The van der Waals surface area contributed by atoms with E-state index in [2.05, 4.69) is 25.7 Å². The summed E-state index contributed by atoms with van der Waals surface area (Å²) in [5.41, 5.74) is 0.336. The highest BCUT2D eigenvalue weighted by Crippen LogP contribution is 2.30. The largest absolute Gasteiger partial charge is 0.340 e. The molecule has 1 fully saturated rings. The second-order valence-electron chi connectivity index (χ2n) is 7.96. The van der Waals surface area contributed by atoms with Crippen molar-refractivity contribution in [1.82, 2.24) is 9.80 Å². The minimum Gasteiger partial charge on any atom is -0.340 e. The second kappa shape index (κ2) is 11.9. The van der Waals surface area contributed by atoms with Gasteiger partial charge in [-0.1, -0.05) is 71.6 Å². The first kappa shape index (κ1) is 21.5. The highest BCUT2D eigenvalue weighted by atomic mass is 16.2. The van der Waals surface area contributed by atoms with Crippen molar-refractivity contribution in [3.8, 4) is 0 Å². The fourth-order valence-corrected chi connectivity index (χ4v) is 4.04. The lowest BCUT2D eigenvalue weighted by molar-refractivity contribution is -0.131. The summed E-state index contributed by atoms with van der Waals surface area (Å²) in [6, 6.07) is 0. The molecule has 142 valence electrons. The normalized spacial score (nSPS) is 18.6. The van der Waals surface area contributed by atoms with Gasteiger partial charge < -0.3 is 4.90 Å². The fourth-order valence-electron chi connectivity index (χ4n) is 4.04. The Morgan fingerprint density at radius 3 is 1.71 bits per heavy atom. The van der Waals surface area contributed by atoms with Crippen LogP contribution in [0.3, 0.4) is 0 Å². The molecule has 1 aliphatic rings. The standard InChI is InChI=1S/C21H42N2O/c1-5-7-9-11-13-15-21(4,14-12-10-8-6-2)23-18-16-22(17-19-23)20(3)24/h5-19H2,1-4H3. The van der Waals surface area contributed by atoms with E-state index in [0.717, 1.165) is 26.2 Å². The minimum atomic E-state index is 0.235. The first-order chi connectivity index (χ1) is 11.5. The van der Waals surface area contributed by atoms with Crippen LogP contribution in [0.5, 0.6) is 0 Å². The van der Waals surface area contributed by atoms with Crippen LogP contribution in [-0.4, -0.2) is 47.4 Å². The van der Waals surface area contributed by atoms with Crippen molar-refractivity contribution in [2.45, 2.75) is 104 Å². The number of hydrogen-bond donors (Lipinski definition) is 0. The molecule has 24 heavy (non-hydrogen) atoms. The maximum atomic E-state index is 11.6. The highest BCUT2D eigenvalue weighted by Gasteiger charge is 2.33. The van der Waals surface area contributed by atoms with Gasteiger partial charge in [-0.15, -0.1) is 0 Å². The molecular weight excluding hydrogens is 296 g/mol. The molecule has 0 aromatic heterocycles. The molecule has 0 spiro atoms. The van der Waals surface area contributed by atoms with E-state index in [0.29, 0.717) is 5.54 Å². The van der Waals surface area contributed by atoms with Crippen LogP contribution < -0.4 is 0 Å². The number of carbonyl (C=O) groups excluding carboxylic acids is 1. The molecule has 0 aromatic carbocycles. The third-order valence-electron chi connectivity index (χ3n) is 5.88. The minimum absolute atomic E-state index is 0.235. The Bertz CT molecular complexity index is 337. The van der Waals surface area contributed by atoms with E-state index in [4.69, 9.17) is 0 Å². The van der Waals surface area contributed by atoms with Crippen LogP contribution in [-0.2, 0) is 4.79 Å². The van der Waals surface area contributed by atoms with Crippen molar-refractivity contribution < 1.29 is 4.79 Å². The Hall–Kier alpha value is -0.570. The molecular formula is C21H42N2O. The summed E-state index contributed by atoms with van der Waals surface area (Å²) in [4.78, 5) is 16.3. The monoisotopic (exact) mass is 338 g/mol. The van der Waals surface area contributed by atoms with Crippen LogP contribution in [0.4, 0.5) is 0 Å². The predicted molar refractivity (Wildman–Crippen MR) is 104 cm³/mol. The number of piperazine rings is 1. The van der Waals surface area contributed by atoms with Gasteiger partial charge in [0, 0.05) is 38.6 Å². The van der Waals surface area contributed by atoms with E-state index in [-0.39, 0.29) is 5.91 Å². The molecule has 0 aromatic rings. The van der Waals surface area contributed by atoms with Gasteiger partial charge in [0.2, 0.25) is 5.91 Å². The van der Waals surface area contributed by atoms with Gasteiger partial charge in [-0.05, 0) is 19.8 Å². The number of amides is 1. The van der Waals surface area contributed by atoms with Crippen molar-refractivity contribution >= 4 is 5.91 Å². The molecule has 0 bridgehead atoms. The van der Waals surface area contributed by atoms with Crippen LogP contribution in [0.1, 0.15) is 98.3 Å². The zero-order valence-corrected chi connectivity index (χ0v) is 16.9. The van der Waals surface area contributed by atoms with Gasteiger partial charge in [-0.2, -0.15) is 0 Å². The lowest BCUT2D eigenvalue weighted by Gasteiger charge is -2.46. The van der Waals surface area contributed by atoms with Crippen molar-refractivity contribution in [3.05, 3.63) is 0 Å². The van der Waals surface area contributed by atoms with E-state index in [1.807, 2.05) is 4.90 Å². The Morgan fingerprint density at radius 1 is 0.792 bits per heavy atom. The lowest BCUT2D eigenvalue weighted by atomic mass is 9.85. The van der Waals surface area contributed by atoms with Crippen molar-refractivity contribution in [1.29, 1.82) is 0 Å². The SMILES string of the molecule is CCCCCCCC(C)(CCCCCC)N1CCN(C(C)=O)CC1. The van der Waals surface area contributed by atoms with Gasteiger partial charge in [-0.25, -0.2) is 0 Å². The van der Waals surface area contributed by atoms with Crippen LogP contribution in [0, 0.1) is 0 Å². The zero-order valence-electron chi connectivity index (χ0n) is 16.9. The third kappa shape index (κ3) is 7.55. The van der Waals surface area contributed by atoms with Gasteiger partial charge in [0.05, 0.1) is 0 Å². The maximum absolute atomic E-state index is 11.6. The van der Waals surface area contributed by atoms with Gasteiger partial charge in [0.25, 0.3) is 0 Å². The van der Waals surface area contributed by atoms with Gasteiger partial charge in [0.1, 0.15) is 0 Å². The van der Waals surface area contributed by atoms with Crippen LogP contribution >= 0.6 is 0 Å². The summed E-state index contributed by atoms with van der Waals surface area (Å²) in [5.74, 6) is 0.235. The van der Waals surface area contributed by atoms with Gasteiger partial charge in [-0.3, -0.25) is 9.69 Å². The Labute approximate surface area is 151 Å². The summed E-state index contributed by atoms with van der Waals surface area (Å²) in [7, 11) is 0. The summed E-state index contributed by atoms with van der Waals surface area (Å²) < 4.78 is 0. The molecule has 3 nitrogen and oxygen atoms in total. The van der Waals surface area contributed by atoms with Crippen LogP contribution in [0.2, 0.25) is 0 Å². The Kier molecular flexibility index (Phi) is 10.6. The molecule has 1 aliphatic heterocycles. The quantitative estimate of drug-likeness (QED) is 0.454. The lowest BCUT2D eigenvalue weighted by Crippen LogP contribution is -2.56. The number of unbranched alkanes of at least 4 members (excludes halogenated alkanes) is 7. The Balaban J connectivity index is 2.51. The topological polar surface area (TPSA) is 23.6 Å². The van der Waals surface area contributed by atoms with E-state index >= 15 is 0 Å². The van der Waals surface area contributed by atoms with Gasteiger partial charge >= 0.3 is 0 Å².